The van der Waals surface area contributed by atoms with Gasteiger partial charge in [-0.05, 0) is 44.0 Å². The van der Waals surface area contributed by atoms with E-state index in [0.29, 0.717) is 11.3 Å². The zero-order chi connectivity index (χ0) is 17.6. The van der Waals surface area contributed by atoms with Crippen LogP contribution >= 0.6 is 12.2 Å². The van der Waals surface area contributed by atoms with Crippen molar-refractivity contribution in [2.45, 2.75) is 57.4 Å². The van der Waals surface area contributed by atoms with E-state index in [2.05, 4.69) is 29.8 Å². The maximum absolute atomic E-state index is 13.5. The quantitative estimate of drug-likeness (QED) is 0.616. The van der Waals surface area contributed by atoms with Crippen LogP contribution in [0, 0.1) is 4.77 Å². The van der Waals surface area contributed by atoms with Crippen molar-refractivity contribution in [3.8, 4) is 11.3 Å². The summed E-state index contributed by atoms with van der Waals surface area (Å²) in [6.45, 7) is 6.39. The Kier molecular flexibility index (Phi) is 4.03. The van der Waals surface area contributed by atoms with E-state index < -0.39 is 0 Å². The highest BCUT2D eigenvalue weighted by atomic mass is 32.1. The molecule has 1 N–H and O–H groups in total. The number of benzene rings is 1. The first-order chi connectivity index (χ1) is 12.0. The number of hydrogen-bond donors (Lipinski definition) is 1. The molecule has 1 aromatic heterocycles. The summed E-state index contributed by atoms with van der Waals surface area (Å²) in [6.07, 6.45) is 6.78. The minimum absolute atomic E-state index is 0.0463. The topological polar surface area (TPSA) is 37.8 Å². The van der Waals surface area contributed by atoms with Gasteiger partial charge in [-0.3, -0.25) is 9.36 Å². The van der Waals surface area contributed by atoms with Gasteiger partial charge in [0, 0.05) is 23.1 Å². The number of nitrogens with zero attached hydrogens (tertiary/aromatic N) is 1. The van der Waals surface area contributed by atoms with Gasteiger partial charge in [0.05, 0.1) is 5.69 Å². The summed E-state index contributed by atoms with van der Waals surface area (Å²) in [5.41, 5.74) is 5.36. The zero-order valence-electron chi connectivity index (χ0n) is 14.7. The van der Waals surface area contributed by atoms with E-state index >= 15 is 0 Å². The molecular formula is C21H24N2OS. The maximum atomic E-state index is 13.5. The lowest BCUT2D eigenvalue weighted by Gasteiger charge is -2.42. The fourth-order valence-corrected chi connectivity index (χ4v) is 4.95. The van der Waals surface area contributed by atoms with Gasteiger partial charge >= 0.3 is 0 Å². The first-order valence-corrected chi connectivity index (χ1v) is 9.53. The summed E-state index contributed by atoms with van der Waals surface area (Å²) >= 11 is 5.53. The van der Waals surface area contributed by atoms with Gasteiger partial charge in [0.15, 0.2) is 4.77 Å². The van der Waals surface area contributed by atoms with Gasteiger partial charge in [-0.1, -0.05) is 55.7 Å². The monoisotopic (exact) mass is 352 g/mol. The van der Waals surface area contributed by atoms with Gasteiger partial charge in [0.25, 0.3) is 5.56 Å². The molecule has 2 aliphatic carbocycles. The van der Waals surface area contributed by atoms with Crippen molar-refractivity contribution in [2.75, 3.05) is 0 Å². The van der Waals surface area contributed by atoms with Crippen LogP contribution < -0.4 is 5.56 Å². The Morgan fingerprint density at radius 1 is 1.28 bits per heavy atom. The van der Waals surface area contributed by atoms with Crippen LogP contribution in [0.3, 0.4) is 0 Å². The predicted octanol–water partition coefficient (Wildman–Crippen LogP) is 4.91. The summed E-state index contributed by atoms with van der Waals surface area (Å²) < 4.78 is 2.19. The molecule has 2 aliphatic rings. The van der Waals surface area contributed by atoms with E-state index in [9.17, 15) is 4.79 Å². The molecule has 130 valence electrons. The van der Waals surface area contributed by atoms with Crippen molar-refractivity contribution >= 4 is 12.2 Å². The van der Waals surface area contributed by atoms with Crippen molar-refractivity contribution in [1.29, 1.82) is 0 Å². The van der Waals surface area contributed by atoms with Crippen LogP contribution in [0.5, 0.6) is 0 Å². The van der Waals surface area contributed by atoms with Gasteiger partial charge in [-0.15, -0.1) is 0 Å². The largest absolute Gasteiger partial charge is 0.331 e. The van der Waals surface area contributed by atoms with Crippen molar-refractivity contribution in [3.05, 3.63) is 62.7 Å². The SMILES string of the molecule is C=C(C)Cn1c(=S)[nH]c2c(c1=O)C1(CCCCC1)Cc1ccccc1-2. The van der Waals surface area contributed by atoms with E-state index in [1.54, 1.807) is 4.57 Å². The van der Waals surface area contributed by atoms with Crippen LogP contribution in [-0.4, -0.2) is 9.55 Å². The molecule has 0 saturated heterocycles. The molecule has 0 aliphatic heterocycles. The van der Waals surface area contributed by atoms with E-state index in [-0.39, 0.29) is 11.0 Å². The fourth-order valence-electron chi connectivity index (χ4n) is 4.71. The minimum atomic E-state index is -0.0463. The highest BCUT2D eigenvalue weighted by Gasteiger charge is 2.42. The molecule has 1 fully saturated rings. The van der Waals surface area contributed by atoms with E-state index in [1.807, 2.05) is 13.0 Å². The van der Waals surface area contributed by atoms with Crippen molar-refractivity contribution in [2.24, 2.45) is 0 Å². The number of rotatable bonds is 2. The first kappa shape index (κ1) is 16.5. The summed E-state index contributed by atoms with van der Waals surface area (Å²) in [4.78, 5) is 16.9. The Bertz CT molecular complexity index is 961. The Balaban J connectivity index is 2.04. The zero-order valence-corrected chi connectivity index (χ0v) is 15.5. The van der Waals surface area contributed by atoms with E-state index in [4.69, 9.17) is 12.2 Å². The predicted molar refractivity (Wildman–Crippen MR) is 105 cm³/mol. The Morgan fingerprint density at radius 2 is 2.00 bits per heavy atom. The molecule has 3 nitrogen and oxygen atoms in total. The highest BCUT2D eigenvalue weighted by molar-refractivity contribution is 7.71. The average Bonchev–Trinajstić information content (AvgIpc) is 2.59. The molecule has 4 rings (SSSR count). The number of H-pyrrole nitrogens is 1. The van der Waals surface area contributed by atoms with Gasteiger partial charge < -0.3 is 4.98 Å². The molecule has 2 aromatic rings. The molecule has 0 atom stereocenters. The molecule has 25 heavy (non-hydrogen) atoms. The van der Waals surface area contributed by atoms with Crippen LogP contribution in [0.25, 0.3) is 11.3 Å². The second kappa shape index (κ2) is 6.10. The van der Waals surface area contributed by atoms with Gasteiger partial charge in [0.1, 0.15) is 0 Å². The van der Waals surface area contributed by atoms with Gasteiger partial charge in [-0.25, -0.2) is 0 Å². The van der Waals surface area contributed by atoms with Crippen LogP contribution in [0.4, 0.5) is 0 Å². The Hall–Kier alpha value is -1.94. The molecule has 1 saturated carbocycles. The third-order valence-electron chi connectivity index (χ3n) is 5.77. The number of allylic oxidation sites excluding steroid dienone is 1. The molecule has 1 spiro atoms. The number of fused-ring (bicyclic) bond motifs is 4. The lowest BCUT2D eigenvalue weighted by atomic mass is 9.62. The van der Waals surface area contributed by atoms with Crippen molar-refractivity contribution in [1.82, 2.24) is 9.55 Å². The van der Waals surface area contributed by atoms with Crippen LogP contribution in [0.2, 0.25) is 0 Å². The molecule has 0 bridgehead atoms. The molecule has 0 unspecified atom stereocenters. The molecule has 1 heterocycles. The molecule has 1 aromatic carbocycles. The summed E-state index contributed by atoms with van der Waals surface area (Å²) in [5.74, 6) is 0. The van der Waals surface area contributed by atoms with E-state index in [0.717, 1.165) is 41.7 Å². The second-order valence-electron chi connectivity index (χ2n) is 7.70. The number of nitrogens with one attached hydrogen (secondary N) is 1. The normalized spacial score (nSPS) is 17.8. The maximum Gasteiger partial charge on any atom is 0.258 e. The highest BCUT2D eigenvalue weighted by Crippen LogP contribution is 2.48. The lowest BCUT2D eigenvalue weighted by Crippen LogP contribution is -2.43. The molecular weight excluding hydrogens is 328 g/mol. The molecule has 0 amide bonds. The van der Waals surface area contributed by atoms with Crippen molar-refractivity contribution in [3.63, 3.8) is 0 Å². The number of aromatic amines is 1. The molecule has 0 radical (unpaired) electrons. The number of hydrogen-bond acceptors (Lipinski definition) is 2. The van der Waals surface area contributed by atoms with Crippen LogP contribution in [0.1, 0.15) is 50.2 Å². The first-order valence-electron chi connectivity index (χ1n) is 9.12. The standard InChI is InChI=1S/C21H24N2OS/c1-14(2)13-23-19(24)17-18(22-20(23)25)16-9-5-4-8-15(16)12-21(17)10-6-3-7-11-21/h4-5,8-9H,1,3,6-7,10-13H2,2H3,(H,22,25). The second-order valence-corrected chi connectivity index (χ2v) is 8.09. The Morgan fingerprint density at radius 3 is 2.72 bits per heavy atom. The summed E-state index contributed by atoms with van der Waals surface area (Å²) in [7, 11) is 0. The number of aromatic nitrogens is 2. The van der Waals surface area contributed by atoms with Crippen LogP contribution in [-0.2, 0) is 18.4 Å². The fraction of sp³-hybridized carbons (Fsp3) is 0.429. The minimum Gasteiger partial charge on any atom is -0.331 e. The van der Waals surface area contributed by atoms with E-state index in [1.165, 1.54) is 24.8 Å². The smallest absolute Gasteiger partial charge is 0.258 e. The summed E-state index contributed by atoms with van der Waals surface area (Å²) in [6, 6.07) is 8.44. The van der Waals surface area contributed by atoms with Crippen LogP contribution in [0.15, 0.2) is 41.2 Å². The third-order valence-corrected chi connectivity index (χ3v) is 6.09. The summed E-state index contributed by atoms with van der Waals surface area (Å²) in [5, 5.41) is 0. The van der Waals surface area contributed by atoms with Gasteiger partial charge in [0.2, 0.25) is 0 Å². The third kappa shape index (κ3) is 2.63. The Labute approximate surface area is 153 Å². The van der Waals surface area contributed by atoms with Crippen molar-refractivity contribution < 1.29 is 0 Å². The lowest BCUT2D eigenvalue weighted by molar-refractivity contribution is 0.283. The van der Waals surface area contributed by atoms with Gasteiger partial charge in [-0.2, -0.15) is 0 Å². The average molecular weight is 353 g/mol. The molecule has 4 heteroatoms.